The van der Waals surface area contributed by atoms with Gasteiger partial charge in [-0.25, -0.2) is 28.8 Å². The second kappa shape index (κ2) is 14.8. The summed E-state index contributed by atoms with van der Waals surface area (Å²) in [5, 5.41) is 30.1. The van der Waals surface area contributed by atoms with Crippen LogP contribution in [0, 0.1) is 68.0 Å². The minimum atomic E-state index is -2.57. The van der Waals surface area contributed by atoms with E-state index in [0.717, 1.165) is 42.7 Å². The van der Waals surface area contributed by atoms with Crippen LogP contribution < -0.4 is 0 Å². The fourth-order valence-corrected chi connectivity index (χ4v) is 5.64. The Morgan fingerprint density at radius 3 is 0.976 bits per heavy atom. The van der Waals surface area contributed by atoms with Crippen LogP contribution in [-0.2, 0) is 57.2 Å². The minimum absolute atomic E-state index is 0.193. The molecule has 1 saturated carbocycles. The summed E-state index contributed by atoms with van der Waals surface area (Å²) < 4.78 is 28.4. The van der Waals surface area contributed by atoms with Crippen molar-refractivity contribution in [1.29, 1.82) is 15.8 Å². The lowest BCUT2D eigenvalue weighted by molar-refractivity contribution is -0.172. The third-order valence-electron chi connectivity index (χ3n) is 7.82. The van der Waals surface area contributed by atoms with E-state index in [1.165, 1.54) is 0 Å². The number of esters is 6. The van der Waals surface area contributed by atoms with E-state index in [0.29, 0.717) is 6.42 Å². The summed E-state index contributed by atoms with van der Waals surface area (Å²) in [6.07, 6.45) is -1.04. The van der Waals surface area contributed by atoms with Crippen molar-refractivity contribution in [3.63, 3.8) is 0 Å². The maximum Gasteiger partial charge on any atom is 0.337 e. The van der Waals surface area contributed by atoms with Crippen LogP contribution in [0.2, 0.25) is 0 Å². The molecule has 228 valence electrons. The molecular formula is C27H33N3O12. The van der Waals surface area contributed by atoms with Crippen LogP contribution in [0.25, 0.3) is 0 Å². The van der Waals surface area contributed by atoms with Gasteiger partial charge in [0, 0.05) is 0 Å². The van der Waals surface area contributed by atoms with Gasteiger partial charge in [0.15, 0.2) is 0 Å². The first-order chi connectivity index (χ1) is 19.8. The number of ether oxygens (including phenoxy) is 6. The molecule has 0 heterocycles. The Bertz CT molecular complexity index is 1100. The zero-order valence-corrected chi connectivity index (χ0v) is 24.2. The molecular weight excluding hydrogens is 558 g/mol. The number of carbonyl (C=O) groups is 6. The molecule has 0 radical (unpaired) electrons. The summed E-state index contributed by atoms with van der Waals surface area (Å²) in [7, 11) is 5.72. The van der Waals surface area contributed by atoms with Gasteiger partial charge in [-0.1, -0.05) is 19.3 Å². The van der Waals surface area contributed by atoms with E-state index in [1.807, 2.05) is 0 Å². The van der Waals surface area contributed by atoms with Gasteiger partial charge in [0.1, 0.15) is 0 Å². The van der Waals surface area contributed by atoms with Crippen molar-refractivity contribution in [3.8, 4) is 18.2 Å². The van der Waals surface area contributed by atoms with Crippen LogP contribution in [0.4, 0.5) is 0 Å². The lowest BCUT2D eigenvalue weighted by Crippen LogP contribution is -2.49. The zero-order chi connectivity index (χ0) is 32.3. The van der Waals surface area contributed by atoms with Gasteiger partial charge in [-0.15, -0.1) is 0 Å². The molecule has 1 fully saturated rings. The molecule has 0 bridgehead atoms. The summed E-state index contributed by atoms with van der Waals surface area (Å²) in [6, 6.07) is 4.97. The Kier molecular flexibility index (Phi) is 12.4. The lowest BCUT2D eigenvalue weighted by Gasteiger charge is -2.43. The van der Waals surface area contributed by atoms with Crippen molar-refractivity contribution in [1.82, 2.24) is 0 Å². The number of methoxy groups -OCH3 is 6. The monoisotopic (exact) mass is 591 g/mol. The molecule has 0 aliphatic heterocycles. The second-order valence-electron chi connectivity index (χ2n) is 9.73. The number of hydrogen-bond acceptors (Lipinski definition) is 15. The predicted octanol–water partition coefficient (Wildman–Crippen LogP) is 0.757. The molecule has 1 aliphatic carbocycles. The summed E-state index contributed by atoms with van der Waals surface area (Å²) in [5.74, 6) is -10.4. The van der Waals surface area contributed by atoms with E-state index in [9.17, 15) is 44.6 Å². The molecule has 0 N–H and O–H groups in total. The molecule has 2 unspecified atom stereocenters. The summed E-state index contributed by atoms with van der Waals surface area (Å²) >= 11 is 0. The number of hydrogen-bond donors (Lipinski definition) is 0. The number of nitriles is 3. The quantitative estimate of drug-likeness (QED) is 0.173. The summed E-state index contributed by atoms with van der Waals surface area (Å²) in [6.45, 7) is 0. The summed E-state index contributed by atoms with van der Waals surface area (Å²) in [4.78, 5) is 77.0. The van der Waals surface area contributed by atoms with Gasteiger partial charge in [0.25, 0.3) is 16.2 Å². The van der Waals surface area contributed by atoms with Crippen LogP contribution in [0.15, 0.2) is 0 Å². The van der Waals surface area contributed by atoms with E-state index >= 15 is 0 Å². The molecule has 0 saturated heterocycles. The molecule has 0 aromatic rings. The van der Waals surface area contributed by atoms with E-state index in [-0.39, 0.29) is 12.8 Å². The fraction of sp³-hybridized carbons (Fsp3) is 0.667. The molecule has 0 amide bonds. The van der Waals surface area contributed by atoms with Crippen LogP contribution in [0.1, 0.15) is 38.5 Å². The van der Waals surface area contributed by atoms with Crippen molar-refractivity contribution >= 4 is 35.8 Å². The fourth-order valence-electron chi connectivity index (χ4n) is 5.64. The van der Waals surface area contributed by atoms with Gasteiger partial charge in [0.2, 0.25) is 0 Å². The first kappa shape index (κ1) is 35.3. The molecule has 42 heavy (non-hydrogen) atoms. The molecule has 1 rings (SSSR count). The number of rotatable bonds is 12. The highest BCUT2D eigenvalue weighted by Gasteiger charge is 2.59. The molecule has 15 heteroatoms. The van der Waals surface area contributed by atoms with Crippen molar-refractivity contribution in [3.05, 3.63) is 0 Å². The van der Waals surface area contributed by atoms with E-state index in [4.69, 9.17) is 28.4 Å². The van der Waals surface area contributed by atoms with Crippen molar-refractivity contribution < 1.29 is 57.2 Å². The third kappa shape index (κ3) is 6.28. The molecule has 15 nitrogen and oxygen atoms in total. The zero-order valence-electron chi connectivity index (χ0n) is 24.2. The molecule has 0 aromatic heterocycles. The Labute approximate surface area is 242 Å². The van der Waals surface area contributed by atoms with E-state index in [2.05, 4.69) is 0 Å². The Morgan fingerprint density at radius 1 is 0.524 bits per heavy atom. The number of carbonyl (C=O) groups excluding carboxylic acids is 6. The van der Waals surface area contributed by atoms with E-state index < -0.39 is 89.1 Å². The Balaban J connectivity index is 3.97. The topological polar surface area (TPSA) is 229 Å². The van der Waals surface area contributed by atoms with Gasteiger partial charge in [-0.3, -0.25) is 0 Å². The molecule has 2 atom stereocenters. The maximum absolute atomic E-state index is 12.9. The Morgan fingerprint density at radius 2 is 0.762 bits per heavy atom. The maximum atomic E-state index is 12.9. The highest BCUT2D eigenvalue weighted by molar-refractivity contribution is 6.04. The van der Waals surface area contributed by atoms with Crippen LogP contribution in [0.5, 0.6) is 0 Å². The molecule has 1 aliphatic rings. The number of nitrogens with zero attached hydrogens (tertiary/aromatic N) is 3. The van der Waals surface area contributed by atoms with E-state index in [1.54, 1.807) is 18.2 Å². The highest BCUT2D eigenvalue weighted by atomic mass is 16.6. The SMILES string of the molecule is COC(=O)C(C#N)(CC1CCCC(CC(C#N)(C(=O)OC)C(=O)OC)C1CC(C#N)(C(=O)OC)C(=O)OC)C(=O)OC. The average Bonchev–Trinajstić information content (AvgIpc) is 3.03. The van der Waals surface area contributed by atoms with Gasteiger partial charge in [-0.05, 0) is 37.0 Å². The second-order valence-corrected chi connectivity index (χ2v) is 9.73. The minimum Gasteiger partial charge on any atom is -0.467 e. The van der Waals surface area contributed by atoms with Crippen molar-refractivity contribution in [2.45, 2.75) is 38.5 Å². The Hall–Kier alpha value is -4.71. The third-order valence-corrected chi connectivity index (χ3v) is 7.82. The van der Waals surface area contributed by atoms with Crippen molar-refractivity contribution in [2.24, 2.45) is 34.0 Å². The highest BCUT2D eigenvalue weighted by Crippen LogP contribution is 2.50. The van der Waals surface area contributed by atoms with Crippen LogP contribution in [-0.4, -0.2) is 78.5 Å². The standard InChI is InChI=1S/C27H33N3O12/c1-37-19(31)25(13-28,20(32)38-2)10-16-8-7-9-17(11-26(14-29,21(33)39-3)22(34)40-4)18(16)12-27(15-30,23(35)41-5)24(36)42-6/h16-18H,7-12H2,1-6H3. The lowest BCUT2D eigenvalue weighted by atomic mass is 9.59. The van der Waals surface area contributed by atoms with Gasteiger partial charge in [0.05, 0.1) is 60.9 Å². The van der Waals surface area contributed by atoms with Crippen LogP contribution >= 0.6 is 0 Å². The molecule has 0 aromatic carbocycles. The first-order valence-corrected chi connectivity index (χ1v) is 12.6. The van der Waals surface area contributed by atoms with Crippen molar-refractivity contribution in [2.75, 3.05) is 42.7 Å². The smallest absolute Gasteiger partial charge is 0.337 e. The van der Waals surface area contributed by atoms with Gasteiger partial charge < -0.3 is 28.4 Å². The average molecular weight is 592 g/mol. The largest absolute Gasteiger partial charge is 0.467 e. The van der Waals surface area contributed by atoms with Gasteiger partial charge in [-0.2, -0.15) is 15.8 Å². The normalized spacial score (nSPS) is 18.5. The first-order valence-electron chi connectivity index (χ1n) is 12.6. The molecule has 0 spiro atoms. The van der Waals surface area contributed by atoms with Gasteiger partial charge >= 0.3 is 35.8 Å². The summed E-state index contributed by atoms with van der Waals surface area (Å²) in [5.41, 5.74) is -7.55. The van der Waals surface area contributed by atoms with Crippen LogP contribution in [0.3, 0.4) is 0 Å². The predicted molar refractivity (Wildman–Crippen MR) is 134 cm³/mol.